The number of morpholine rings is 1. The number of amides is 2. The molecule has 2 amide bonds. The summed E-state index contributed by atoms with van der Waals surface area (Å²) in [6.07, 6.45) is 0.428. The third kappa shape index (κ3) is 6.45. The number of carbonyl (C=O) groups is 2. The van der Waals surface area contributed by atoms with E-state index in [1.807, 2.05) is 12.1 Å². The summed E-state index contributed by atoms with van der Waals surface area (Å²) in [6.45, 7) is 6.66. The maximum absolute atomic E-state index is 12.8. The van der Waals surface area contributed by atoms with Gasteiger partial charge in [-0.25, -0.2) is 0 Å². The highest BCUT2D eigenvalue weighted by Gasteiger charge is 2.22. The van der Waals surface area contributed by atoms with Gasteiger partial charge in [0.2, 0.25) is 5.91 Å². The lowest BCUT2D eigenvalue weighted by Crippen LogP contribution is -2.44. The fraction of sp³-hybridized carbons (Fsp3) is 0.417. The van der Waals surface area contributed by atoms with Gasteiger partial charge in [0.25, 0.3) is 5.91 Å². The number of likely N-dealkylation sites (N-methyl/N-ethyl adjacent to an activating group) is 1. The highest BCUT2D eigenvalue weighted by Crippen LogP contribution is 2.27. The normalized spacial score (nSPS) is 18.8. The molecule has 0 spiro atoms. The van der Waals surface area contributed by atoms with Crippen molar-refractivity contribution in [2.45, 2.75) is 32.6 Å². The van der Waals surface area contributed by atoms with E-state index in [4.69, 9.17) is 21.1 Å². The van der Waals surface area contributed by atoms with Crippen molar-refractivity contribution in [3.8, 4) is 5.75 Å². The van der Waals surface area contributed by atoms with E-state index in [0.717, 1.165) is 25.2 Å². The lowest BCUT2D eigenvalue weighted by atomic mass is 10.1. The van der Waals surface area contributed by atoms with E-state index in [1.165, 1.54) is 12.0 Å². The highest BCUT2D eigenvalue weighted by atomic mass is 35.5. The summed E-state index contributed by atoms with van der Waals surface area (Å²) in [6, 6.07) is 12.5. The van der Waals surface area contributed by atoms with Crippen LogP contribution < -0.4 is 10.1 Å². The fourth-order valence-electron chi connectivity index (χ4n) is 3.90. The van der Waals surface area contributed by atoms with Gasteiger partial charge in [0.05, 0.1) is 31.5 Å². The second kappa shape index (κ2) is 10.8. The molecule has 0 aliphatic carbocycles. The molecule has 2 aromatic rings. The number of benzene rings is 2. The first-order valence-electron chi connectivity index (χ1n) is 10.6. The van der Waals surface area contributed by atoms with Crippen LogP contribution in [-0.4, -0.2) is 67.6 Å². The van der Waals surface area contributed by atoms with Crippen LogP contribution in [0.1, 0.15) is 29.8 Å². The van der Waals surface area contributed by atoms with Gasteiger partial charge in [-0.05, 0) is 49.7 Å². The van der Waals surface area contributed by atoms with Gasteiger partial charge in [-0.1, -0.05) is 23.7 Å². The summed E-state index contributed by atoms with van der Waals surface area (Å²) in [5.41, 5.74) is 2.13. The van der Waals surface area contributed by atoms with Gasteiger partial charge < -0.3 is 19.7 Å². The molecule has 8 heteroatoms. The molecule has 1 aliphatic rings. The third-order valence-electron chi connectivity index (χ3n) is 5.27. The molecule has 0 bridgehead atoms. The number of hydrogen-bond donors (Lipinski definition) is 1. The Bertz CT molecular complexity index is 941. The molecule has 0 radical (unpaired) electrons. The monoisotopic (exact) mass is 459 g/mol. The van der Waals surface area contributed by atoms with Gasteiger partial charge in [0.15, 0.2) is 0 Å². The Morgan fingerprint density at radius 3 is 2.44 bits per heavy atom. The number of ether oxygens (including phenoxy) is 2. The van der Waals surface area contributed by atoms with Crippen molar-refractivity contribution >= 4 is 29.1 Å². The summed E-state index contributed by atoms with van der Waals surface area (Å²) in [4.78, 5) is 29.0. The zero-order chi connectivity index (χ0) is 23.3. The van der Waals surface area contributed by atoms with Gasteiger partial charge in [0.1, 0.15) is 5.75 Å². The quantitative estimate of drug-likeness (QED) is 0.684. The van der Waals surface area contributed by atoms with E-state index in [1.54, 1.807) is 37.4 Å². The van der Waals surface area contributed by atoms with E-state index in [0.29, 0.717) is 22.0 Å². The molecular weight excluding hydrogens is 430 g/mol. The van der Waals surface area contributed by atoms with Crippen LogP contribution in [0.5, 0.6) is 5.75 Å². The zero-order valence-corrected chi connectivity index (χ0v) is 19.7. The molecule has 1 aliphatic heterocycles. The van der Waals surface area contributed by atoms with Crippen LogP contribution in [0.25, 0.3) is 0 Å². The SMILES string of the molecule is COc1ccc(Cl)cc1NC(=O)CN(C)C(=O)c1ccc(CN2CC(C)OC(C)C2)cc1. The van der Waals surface area contributed by atoms with Crippen LogP contribution in [-0.2, 0) is 16.1 Å². The second-order valence-corrected chi connectivity index (χ2v) is 8.64. The zero-order valence-electron chi connectivity index (χ0n) is 18.9. The highest BCUT2D eigenvalue weighted by molar-refractivity contribution is 6.31. The summed E-state index contributed by atoms with van der Waals surface area (Å²) in [5.74, 6) is -0.0663. The molecule has 3 rings (SSSR count). The standard InChI is InChI=1S/C24H30ClN3O4/c1-16-12-28(13-17(2)32-16)14-18-5-7-19(8-6-18)24(30)27(3)15-23(29)26-21-11-20(25)9-10-22(21)31-4/h5-11,16-17H,12-15H2,1-4H3,(H,26,29). The van der Waals surface area contributed by atoms with E-state index in [2.05, 4.69) is 24.1 Å². The van der Waals surface area contributed by atoms with Crippen molar-refractivity contribution in [1.82, 2.24) is 9.80 Å². The Morgan fingerprint density at radius 2 is 1.81 bits per heavy atom. The first kappa shape index (κ1) is 24.0. The van der Waals surface area contributed by atoms with Crippen molar-refractivity contribution in [3.05, 3.63) is 58.6 Å². The van der Waals surface area contributed by atoms with E-state index < -0.39 is 0 Å². The number of rotatable bonds is 7. The topological polar surface area (TPSA) is 71.1 Å². The minimum Gasteiger partial charge on any atom is -0.495 e. The fourth-order valence-corrected chi connectivity index (χ4v) is 4.07. The van der Waals surface area contributed by atoms with Gasteiger partial charge in [-0.15, -0.1) is 0 Å². The molecule has 0 saturated carbocycles. The number of halogens is 1. The molecule has 1 saturated heterocycles. The van der Waals surface area contributed by atoms with Crippen LogP contribution in [0.4, 0.5) is 5.69 Å². The molecule has 2 unspecified atom stereocenters. The molecule has 1 heterocycles. The molecule has 172 valence electrons. The summed E-state index contributed by atoms with van der Waals surface area (Å²) in [5, 5.41) is 3.22. The summed E-state index contributed by atoms with van der Waals surface area (Å²) in [7, 11) is 3.11. The Morgan fingerprint density at radius 1 is 1.16 bits per heavy atom. The van der Waals surface area contributed by atoms with Crippen molar-refractivity contribution in [2.24, 2.45) is 0 Å². The van der Waals surface area contributed by atoms with Crippen LogP contribution in [0.2, 0.25) is 5.02 Å². The number of methoxy groups -OCH3 is 1. The van der Waals surface area contributed by atoms with Crippen molar-refractivity contribution in [3.63, 3.8) is 0 Å². The third-order valence-corrected chi connectivity index (χ3v) is 5.50. The van der Waals surface area contributed by atoms with Crippen molar-refractivity contribution < 1.29 is 19.1 Å². The number of anilines is 1. The van der Waals surface area contributed by atoms with Crippen LogP contribution >= 0.6 is 11.6 Å². The second-order valence-electron chi connectivity index (χ2n) is 8.20. The van der Waals surface area contributed by atoms with Gasteiger partial charge in [0, 0.05) is 37.3 Å². The minimum atomic E-state index is -0.339. The van der Waals surface area contributed by atoms with Crippen molar-refractivity contribution in [2.75, 3.05) is 39.1 Å². The molecule has 2 aromatic carbocycles. The average Bonchev–Trinajstić information content (AvgIpc) is 2.73. The Kier molecular flexibility index (Phi) is 8.12. The van der Waals surface area contributed by atoms with Crippen LogP contribution in [0.3, 0.4) is 0 Å². The maximum Gasteiger partial charge on any atom is 0.254 e. The molecule has 0 aromatic heterocycles. The lowest BCUT2D eigenvalue weighted by molar-refractivity contribution is -0.116. The Balaban J connectivity index is 1.56. The minimum absolute atomic E-state index is 0.0974. The van der Waals surface area contributed by atoms with E-state index >= 15 is 0 Å². The molecule has 7 nitrogen and oxygen atoms in total. The average molecular weight is 460 g/mol. The maximum atomic E-state index is 12.8. The smallest absolute Gasteiger partial charge is 0.254 e. The Labute approximate surface area is 194 Å². The first-order chi connectivity index (χ1) is 15.2. The van der Waals surface area contributed by atoms with E-state index in [9.17, 15) is 9.59 Å². The predicted octanol–water partition coefficient (Wildman–Crippen LogP) is 3.67. The van der Waals surface area contributed by atoms with Crippen molar-refractivity contribution in [1.29, 1.82) is 0 Å². The lowest BCUT2D eigenvalue weighted by Gasteiger charge is -2.35. The molecular formula is C24H30ClN3O4. The predicted molar refractivity (Wildman–Crippen MR) is 125 cm³/mol. The number of hydrogen-bond acceptors (Lipinski definition) is 5. The van der Waals surface area contributed by atoms with Gasteiger partial charge in [-0.3, -0.25) is 14.5 Å². The van der Waals surface area contributed by atoms with Crippen LogP contribution in [0, 0.1) is 0 Å². The van der Waals surface area contributed by atoms with Gasteiger partial charge in [-0.2, -0.15) is 0 Å². The molecule has 1 N–H and O–H groups in total. The summed E-state index contributed by atoms with van der Waals surface area (Å²) < 4.78 is 11.0. The number of carbonyl (C=O) groups excluding carboxylic acids is 2. The number of nitrogens with zero attached hydrogens (tertiary/aromatic N) is 2. The molecule has 32 heavy (non-hydrogen) atoms. The van der Waals surface area contributed by atoms with E-state index in [-0.39, 0.29) is 30.6 Å². The van der Waals surface area contributed by atoms with Crippen LogP contribution in [0.15, 0.2) is 42.5 Å². The number of nitrogens with one attached hydrogen (secondary N) is 1. The summed E-state index contributed by atoms with van der Waals surface area (Å²) >= 11 is 6.00. The molecule has 1 fully saturated rings. The molecule has 2 atom stereocenters. The largest absolute Gasteiger partial charge is 0.495 e. The first-order valence-corrected chi connectivity index (χ1v) is 11.0. The van der Waals surface area contributed by atoms with Gasteiger partial charge >= 0.3 is 0 Å². The Hall–Kier alpha value is -2.61.